The Bertz CT molecular complexity index is 299. The first-order valence-corrected chi connectivity index (χ1v) is 7.32. The third-order valence-corrected chi connectivity index (χ3v) is 3.80. The van der Waals surface area contributed by atoms with Crippen molar-refractivity contribution in [3.8, 4) is 0 Å². The first-order chi connectivity index (χ1) is 9.02. The Kier molecular flexibility index (Phi) is 6.67. The first-order valence-electron chi connectivity index (χ1n) is 7.32. The molecule has 1 unspecified atom stereocenters. The predicted octanol–water partition coefficient (Wildman–Crippen LogP) is 2.51. The van der Waals surface area contributed by atoms with E-state index in [2.05, 4.69) is 17.6 Å². The molecule has 19 heavy (non-hydrogen) atoms. The van der Waals surface area contributed by atoms with E-state index < -0.39 is 12.0 Å². The fourth-order valence-electron chi connectivity index (χ4n) is 2.46. The average Bonchev–Trinajstić information content (AvgIpc) is 2.37. The quantitative estimate of drug-likeness (QED) is 0.694. The van der Waals surface area contributed by atoms with Crippen LogP contribution in [0.1, 0.15) is 58.8 Å². The van der Waals surface area contributed by atoms with E-state index in [0.29, 0.717) is 6.42 Å². The molecule has 5 heteroatoms. The lowest BCUT2D eigenvalue weighted by Gasteiger charge is -2.27. The number of urea groups is 1. The zero-order valence-electron chi connectivity index (χ0n) is 11.9. The van der Waals surface area contributed by atoms with Crippen LogP contribution in [0.2, 0.25) is 0 Å². The van der Waals surface area contributed by atoms with Crippen molar-refractivity contribution in [1.29, 1.82) is 0 Å². The van der Waals surface area contributed by atoms with Gasteiger partial charge in [-0.3, -0.25) is 0 Å². The van der Waals surface area contributed by atoms with Gasteiger partial charge in [-0.05, 0) is 38.0 Å². The van der Waals surface area contributed by atoms with Crippen LogP contribution in [-0.2, 0) is 4.79 Å². The summed E-state index contributed by atoms with van der Waals surface area (Å²) in [5, 5.41) is 14.5. The lowest BCUT2D eigenvalue weighted by Crippen LogP contribution is -2.49. The van der Waals surface area contributed by atoms with E-state index in [0.717, 1.165) is 44.4 Å². The summed E-state index contributed by atoms with van der Waals surface area (Å²) in [7, 11) is 0. The SMILES string of the molecule is CCCCC(NC(=O)NC1CCC(C)CC1)C(=O)O. The van der Waals surface area contributed by atoms with Crippen LogP contribution in [0.4, 0.5) is 4.79 Å². The van der Waals surface area contributed by atoms with Crippen LogP contribution in [0.5, 0.6) is 0 Å². The van der Waals surface area contributed by atoms with Crippen molar-refractivity contribution in [1.82, 2.24) is 10.6 Å². The Labute approximate surface area is 115 Å². The summed E-state index contributed by atoms with van der Waals surface area (Å²) in [5.74, 6) is -0.224. The second-order valence-electron chi connectivity index (χ2n) is 5.61. The molecule has 0 bridgehead atoms. The molecule has 0 aromatic rings. The Morgan fingerprint density at radius 2 is 1.89 bits per heavy atom. The molecular formula is C14H26N2O3. The van der Waals surface area contributed by atoms with Gasteiger partial charge in [-0.1, -0.05) is 26.7 Å². The second-order valence-corrected chi connectivity index (χ2v) is 5.61. The van der Waals surface area contributed by atoms with E-state index >= 15 is 0 Å². The van der Waals surface area contributed by atoms with E-state index in [-0.39, 0.29) is 12.1 Å². The molecule has 1 rings (SSSR count). The van der Waals surface area contributed by atoms with Gasteiger partial charge >= 0.3 is 12.0 Å². The maximum absolute atomic E-state index is 11.8. The number of nitrogens with one attached hydrogen (secondary N) is 2. The summed E-state index contributed by atoms with van der Waals surface area (Å²) >= 11 is 0. The maximum Gasteiger partial charge on any atom is 0.326 e. The maximum atomic E-state index is 11.8. The van der Waals surface area contributed by atoms with Gasteiger partial charge < -0.3 is 15.7 Å². The van der Waals surface area contributed by atoms with Crippen LogP contribution in [0.3, 0.4) is 0 Å². The zero-order valence-corrected chi connectivity index (χ0v) is 11.9. The summed E-state index contributed by atoms with van der Waals surface area (Å²) in [4.78, 5) is 22.8. The number of hydrogen-bond donors (Lipinski definition) is 3. The third kappa shape index (κ3) is 5.94. The largest absolute Gasteiger partial charge is 0.480 e. The van der Waals surface area contributed by atoms with Gasteiger partial charge in [0.1, 0.15) is 6.04 Å². The molecule has 1 fully saturated rings. The summed E-state index contributed by atoms with van der Waals surface area (Å²) in [6, 6.07) is -0.928. The summed E-state index contributed by atoms with van der Waals surface area (Å²) < 4.78 is 0. The average molecular weight is 270 g/mol. The van der Waals surface area contributed by atoms with Gasteiger partial charge in [0, 0.05) is 6.04 Å². The van der Waals surface area contributed by atoms with Crippen molar-refractivity contribution in [2.24, 2.45) is 5.92 Å². The number of aliphatic carboxylic acids is 1. The molecule has 3 N–H and O–H groups in total. The van der Waals surface area contributed by atoms with Crippen molar-refractivity contribution in [2.45, 2.75) is 70.9 Å². The van der Waals surface area contributed by atoms with Gasteiger partial charge in [-0.2, -0.15) is 0 Å². The van der Waals surface area contributed by atoms with Crippen molar-refractivity contribution < 1.29 is 14.7 Å². The van der Waals surface area contributed by atoms with Gasteiger partial charge in [-0.25, -0.2) is 9.59 Å². The fraction of sp³-hybridized carbons (Fsp3) is 0.857. The van der Waals surface area contributed by atoms with Crippen LogP contribution in [0.15, 0.2) is 0 Å². The topological polar surface area (TPSA) is 78.4 Å². The van der Waals surface area contributed by atoms with E-state index in [1.165, 1.54) is 0 Å². The minimum absolute atomic E-state index is 0.192. The predicted molar refractivity (Wildman–Crippen MR) is 74.0 cm³/mol. The fourth-order valence-corrected chi connectivity index (χ4v) is 2.46. The van der Waals surface area contributed by atoms with Gasteiger partial charge in [0.25, 0.3) is 0 Å². The van der Waals surface area contributed by atoms with Crippen LogP contribution in [-0.4, -0.2) is 29.2 Å². The summed E-state index contributed by atoms with van der Waals surface area (Å²) in [5.41, 5.74) is 0. The molecule has 0 aliphatic heterocycles. The monoisotopic (exact) mass is 270 g/mol. The summed E-state index contributed by atoms with van der Waals surface area (Å²) in [6.07, 6.45) is 6.45. The molecule has 1 aliphatic carbocycles. The molecule has 0 spiro atoms. The molecule has 5 nitrogen and oxygen atoms in total. The number of hydrogen-bond acceptors (Lipinski definition) is 2. The highest BCUT2D eigenvalue weighted by Crippen LogP contribution is 2.23. The number of carboxylic acids is 1. The molecule has 2 amide bonds. The standard InChI is InChI=1S/C14H26N2O3/c1-3-4-5-12(13(17)18)16-14(19)15-11-8-6-10(2)7-9-11/h10-12H,3-9H2,1-2H3,(H,17,18)(H2,15,16,19). The first kappa shape index (κ1) is 15.8. The van der Waals surface area contributed by atoms with Gasteiger partial charge in [0.05, 0.1) is 0 Å². The van der Waals surface area contributed by atoms with Gasteiger partial charge in [0.2, 0.25) is 0 Å². The van der Waals surface area contributed by atoms with Crippen molar-refractivity contribution in [3.05, 3.63) is 0 Å². The van der Waals surface area contributed by atoms with Crippen LogP contribution in [0.25, 0.3) is 0 Å². The third-order valence-electron chi connectivity index (χ3n) is 3.80. The molecule has 1 aliphatic rings. The molecular weight excluding hydrogens is 244 g/mol. The highest BCUT2D eigenvalue weighted by atomic mass is 16.4. The zero-order chi connectivity index (χ0) is 14.3. The van der Waals surface area contributed by atoms with Gasteiger partial charge in [-0.15, -0.1) is 0 Å². The number of amides is 2. The van der Waals surface area contributed by atoms with Crippen LogP contribution in [0, 0.1) is 5.92 Å². The Hall–Kier alpha value is -1.26. The Morgan fingerprint density at radius 1 is 1.26 bits per heavy atom. The molecule has 0 saturated heterocycles. The number of unbranched alkanes of at least 4 members (excludes halogenated alkanes) is 1. The molecule has 1 saturated carbocycles. The lowest BCUT2D eigenvalue weighted by atomic mass is 9.87. The highest BCUT2D eigenvalue weighted by Gasteiger charge is 2.23. The molecule has 0 radical (unpaired) electrons. The highest BCUT2D eigenvalue weighted by molar-refractivity contribution is 5.82. The summed E-state index contributed by atoms with van der Waals surface area (Å²) in [6.45, 7) is 4.23. The number of carbonyl (C=O) groups excluding carboxylic acids is 1. The van der Waals surface area contributed by atoms with E-state index in [9.17, 15) is 9.59 Å². The smallest absolute Gasteiger partial charge is 0.326 e. The van der Waals surface area contributed by atoms with E-state index in [1.54, 1.807) is 0 Å². The molecule has 0 heterocycles. The lowest BCUT2D eigenvalue weighted by molar-refractivity contribution is -0.139. The van der Waals surface area contributed by atoms with Crippen molar-refractivity contribution >= 4 is 12.0 Å². The van der Waals surface area contributed by atoms with Crippen LogP contribution >= 0.6 is 0 Å². The minimum atomic E-state index is -0.958. The Morgan fingerprint density at radius 3 is 2.42 bits per heavy atom. The molecule has 1 atom stereocenters. The molecule has 0 aromatic heterocycles. The Balaban J connectivity index is 2.33. The normalized spacial score (nSPS) is 24.5. The number of rotatable bonds is 6. The number of carbonyl (C=O) groups is 2. The van der Waals surface area contributed by atoms with Gasteiger partial charge in [0.15, 0.2) is 0 Å². The van der Waals surface area contributed by atoms with Crippen molar-refractivity contribution in [2.75, 3.05) is 0 Å². The second kappa shape index (κ2) is 8.02. The number of carboxylic acid groups (broad SMARTS) is 1. The molecule has 110 valence electrons. The minimum Gasteiger partial charge on any atom is -0.480 e. The van der Waals surface area contributed by atoms with Crippen molar-refractivity contribution in [3.63, 3.8) is 0 Å². The van der Waals surface area contributed by atoms with E-state index in [1.807, 2.05) is 6.92 Å². The van der Waals surface area contributed by atoms with Crippen LogP contribution < -0.4 is 10.6 Å². The van der Waals surface area contributed by atoms with E-state index in [4.69, 9.17) is 5.11 Å². The molecule has 0 aromatic carbocycles.